The SMILES string of the molecule is CC(C)n1ncc2c(C(=O)NC3CCC(N)CC3)cc(-c3ccccc3)nc21. The molecule has 6 heteroatoms. The van der Waals surface area contributed by atoms with Crippen LogP contribution in [0.15, 0.2) is 42.6 Å². The van der Waals surface area contributed by atoms with Gasteiger partial charge < -0.3 is 11.1 Å². The van der Waals surface area contributed by atoms with Gasteiger partial charge in [0.05, 0.1) is 22.8 Å². The van der Waals surface area contributed by atoms with Gasteiger partial charge in [0.1, 0.15) is 0 Å². The molecule has 1 saturated carbocycles. The van der Waals surface area contributed by atoms with Crippen molar-refractivity contribution < 1.29 is 4.79 Å². The zero-order valence-electron chi connectivity index (χ0n) is 16.4. The van der Waals surface area contributed by atoms with Crippen molar-refractivity contribution in [2.24, 2.45) is 5.73 Å². The number of fused-ring (bicyclic) bond motifs is 1. The normalized spacial score (nSPS) is 19.9. The summed E-state index contributed by atoms with van der Waals surface area (Å²) in [7, 11) is 0. The van der Waals surface area contributed by atoms with Crippen LogP contribution >= 0.6 is 0 Å². The molecule has 0 radical (unpaired) electrons. The standard InChI is InChI=1S/C22H27N5O/c1-14(2)27-21-19(13-24-27)18(12-20(26-21)15-6-4-3-5-7-15)22(28)25-17-10-8-16(23)9-11-17/h3-7,12-14,16-17H,8-11,23H2,1-2H3,(H,25,28). The third-order valence-electron chi connectivity index (χ3n) is 5.48. The average Bonchev–Trinajstić information content (AvgIpc) is 3.14. The Bertz CT molecular complexity index is 971. The highest BCUT2D eigenvalue weighted by molar-refractivity contribution is 6.06. The molecule has 146 valence electrons. The quantitative estimate of drug-likeness (QED) is 0.726. The first-order valence-electron chi connectivity index (χ1n) is 10.0. The predicted octanol–water partition coefficient (Wildman–Crippen LogP) is 3.68. The summed E-state index contributed by atoms with van der Waals surface area (Å²) in [5.41, 5.74) is 9.14. The Balaban J connectivity index is 1.74. The highest BCUT2D eigenvalue weighted by Crippen LogP contribution is 2.27. The molecule has 1 amide bonds. The van der Waals surface area contributed by atoms with E-state index in [1.807, 2.05) is 41.1 Å². The second-order valence-electron chi connectivity index (χ2n) is 7.93. The molecular formula is C22H27N5O. The molecule has 1 aromatic carbocycles. The number of carbonyl (C=O) groups is 1. The van der Waals surface area contributed by atoms with Crippen LogP contribution in [0.5, 0.6) is 0 Å². The van der Waals surface area contributed by atoms with Crippen molar-refractivity contribution in [3.8, 4) is 11.3 Å². The van der Waals surface area contributed by atoms with Crippen molar-refractivity contribution in [2.75, 3.05) is 0 Å². The van der Waals surface area contributed by atoms with Crippen LogP contribution in [0.4, 0.5) is 0 Å². The molecule has 0 atom stereocenters. The van der Waals surface area contributed by atoms with Gasteiger partial charge in [0.15, 0.2) is 5.65 Å². The van der Waals surface area contributed by atoms with Gasteiger partial charge in [-0.1, -0.05) is 30.3 Å². The molecule has 3 N–H and O–H groups in total. The monoisotopic (exact) mass is 377 g/mol. The fourth-order valence-corrected chi connectivity index (χ4v) is 3.87. The Morgan fingerprint density at radius 1 is 1.18 bits per heavy atom. The van der Waals surface area contributed by atoms with Gasteiger partial charge >= 0.3 is 0 Å². The highest BCUT2D eigenvalue weighted by Gasteiger charge is 2.23. The van der Waals surface area contributed by atoms with Crippen molar-refractivity contribution in [3.63, 3.8) is 0 Å². The number of nitrogens with two attached hydrogens (primary N) is 1. The number of rotatable bonds is 4. The first kappa shape index (κ1) is 18.6. The van der Waals surface area contributed by atoms with E-state index in [0.29, 0.717) is 5.56 Å². The van der Waals surface area contributed by atoms with Crippen molar-refractivity contribution in [1.29, 1.82) is 0 Å². The van der Waals surface area contributed by atoms with Crippen LogP contribution in [0.3, 0.4) is 0 Å². The molecule has 6 nitrogen and oxygen atoms in total. The van der Waals surface area contributed by atoms with Gasteiger partial charge in [-0.2, -0.15) is 5.10 Å². The lowest BCUT2D eigenvalue weighted by atomic mass is 9.91. The smallest absolute Gasteiger partial charge is 0.252 e. The van der Waals surface area contributed by atoms with E-state index in [-0.39, 0.29) is 24.0 Å². The van der Waals surface area contributed by atoms with E-state index >= 15 is 0 Å². The summed E-state index contributed by atoms with van der Waals surface area (Å²) in [6.07, 6.45) is 5.52. The molecule has 0 aliphatic heterocycles. The topological polar surface area (TPSA) is 85.8 Å². The van der Waals surface area contributed by atoms with Gasteiger partial charge in [0.2, 0.25) is 0 Å². The summed E-state index contributed by atoms with van der Waals surface area (Å²) in [5, 5.41) is 8.48. The van der Waals surface area contributed by atoms with Crippen molar-refractivity contribution >= 4 is 16.9 Å². The lowest BCUT2D eigenvalue weighted by Crippen LogP contribution is -2.40. The summed E-state index contributed by atoms with van der Waals surface area (Å²) in [5.74, 6) is -0.0617. The summed E-state index contributed by atoms with van der Waals surface area (Å²) in [6, 6.07) is 12.4. The summed E-state index contributed by atoms with van der Waals surface area (Å²) >= 11 is 0. The maximum atomic E-state index is 13.2. The molecule has 0 saturated heterocycles. The molecule has 28 heavy (non-hydrogen) atoms. The van der Waals surface area contributed by atoms with Gasteiger partial charge in [0, 0.05) is 23.7 Å². The molecular weight excluding hydrogens is 350 g/mol. The first-order valence-corrected chi connectivity index (χ1v) is 10.0. The number of aromatic nitrogens is 3. The van der Waals surface area contributed by atoms with E-state index in [2.05, 4.69) is 24.3 Å². The molecule has 1 fully saturated rings. The first-order chi connectivity index (χ1) is 13.5. The van der Waals surface area contributed by atoms with Crippen LogP contribution in [0.25, 0.3) is 22.3 Å². The lowest BCUT2D eigenvalue weighted by molar-refractivity contribution is 0.0927. The third-order valence-corrected chi connectivity index (χ3v) is 5.48. The predicted molar refractivity (Wildman–Crippen MR) is 111 cm³/mol. The number of nitrogens with one attached hydrogen (secondary N) is 1. The Morgan fingerprint density at radius 2 is 1.89 bits per heavy atom. The van der Waals surface area contributed by atoms with Crippen molar-refractivity contribution in [1.82, 2.24) is 20.1 Å². The minimum Gasteiger partial charge on any atom is -0.349 e. The molecule has 2 aromatic heterocycles. The second-order valence-corrected chi connectivity index (χ2v) is 7.93. The molecule has 3 aromatic rings. The fourth-order valence-electron chi connectivity index (χ4n) is 3.87. The number of pyridine rings is 1. The van der Waals surface area contributed by atoms with E-state index < -0.39 is 0 Å². The Kier molecular flexibility index (Phi) is 5.13. The van der Waals surface area contributed by atoms with Crippen LogP contribution in [0.1, 0.15) is 55.9 Å². The van der Waals surface area contributed by atoms with E-state index in [0.717, 1.165) is 48.0 Å². The largest absolute Gasteiger partial charge is 0.349 e. The highest BCUT2D eigenvalue weighted by atomic mass is 16.1. The van der Waals surface area contributed by atoms with E-state index in [1.54, 1.807) is 6.20 Å². The number of nitrogens with zero attached hydrogens (tertiary/aromatic N) is 3. The molecule has 2 heterocycles. The van der Waals surface area contributed by atoms with E-state index in [9.17, 15) is 4.79 Å². The zero-order valence-corrected chi connectivity index (χ0v) is 16.4. The minimum absolute atomic E-state index is 0.0617. The van der Waals surface area contributed by atoms with Crippen LogP contribution < -0.4 is 11.1 Å². The van der Waals surface area contributed by atoms with Crippen molar-refractivity contribution in [3.05, 3.63) is 48.2 Å². The van der Waals surface area contributed by atoms with Crippen LogP contribution in [-0.4, -0.2) is 32.8 Å². The number of benzene rings is 1. The van der Waals surface area contributed by atoms with E-state index in [4.69, 9.17) is 10.7 Å². The maximum Gasteiger partial charge on any atom is 0.252 e. The Morgan fingerprint density at radius 3 is 2.57 bits per heavy atom. The number of hydrogen-bond acceptors (Lipinski definition) is 4. The summed E-state index contributed by atoms with van der Waals surface area (Å²) < 4.78 is 1.87. The van der Waals surface area contributed by atoms with Gasteiger partial charge in [-0.05, 0) is 45.6 Å². The molecule has 1 aliphatic carbocycles. The van der Waals surface area contributed by atoms with Gasteiger partial charge in [-0.3, -0.25) is 4.79 Å². The van der Waals surface area contributed by atoms with Crippen LogP contribution in [-0.2, 0) is 0 Å². The number of hydrogen-bond donors (Lipinski definition) is 2. The maximum absolute atomic E-state index is 13.2. The van der Waals surface area contributed by atoms with Crippen LogP contribution in [0.2, 0.25) is 0 Å². The van der Waals surface area contributed by atoms with Gasteiger partial charge in [-0.15, -0.1) is 0 Å². The van der Waals surface area contributed by atoms with Crippen LogP contribution in [0, 0.1) is 0 Å². The third kappa shape index (κ3) is 3.64. The number of carbonyl (C=O) groups excluding carboxylic acids is 1. The lowest BCUT2D eigenvalue weighted by Gasteiger charge is -2.27. The van der Waals surface area contributed by atoms with E-state index in [1.165, 1.54) is 0 Å². The summed E-state index contributed by atoms with van der Waals surface area (Å²) in [4.78, 5) is 18.0. The molecule has 1 aliphatic rings. The second kappa shape index (κ2) is 7.72. The Labute approximate surface area is 165 Å². The number of amides is 1. The van der Waals surface area contributed by atoms with Crippen molar-refractivity contribution in [2.45, 2.75) is 57.7 Å². The molecule has 0 spiro atoms. The van der Waals surface area contributed by atoms with Gasteiger partial charge in [0.25, 0.3) is 5.91 Å². The average molecular weight is 377 g/mol. The molecule has 0 unspecified atom stereocenters. The molecule has 0 bridgehead atoms. The molecule has 4 rings (SSSR count). The fraction of sp³-hybridized carbons (Fsp3) is 0.409. The zero-order chi connectivity index (χ0) is 19.7. The Hall–Kier alpha value is -2.73. The summed E-state index contributed by atoms with van der Waals surface area (Å²) in [6.45, 7) is 4.13. The minimum atomic E-state index is -0.0617. The van der Waals surface area contributed by atoms with Gasteiger partial charge in [-0.25, -0.2) is 9.67 Å².